The Labute approximate surface area is 99.8 Å². The minimum Gasteiger partial charge on any atom is -0.494 e. The minimum atomic E-state index is 0.197. The molecule has 1 nitrogen and oxygen atoms in total. The highest BCUT2D eigenvalue weighted by Gasteiger charge is 2.13. The molecule has 0 atom stereocenters. The predicted octanol–water partition coefficient (Wildman–Crippen LogP) is 4.55. The van der Waals surface area contributed by atoms with Crippen LogP contribution in [0.25, 0.3) is 0 Å². The van der Waals surface area contributed by atoms with Gasteiger partial charge in [0.15, 0.2) is 0 Å². The van der Waals surface area contributed by atoms with Crippen molar-refractivity contribution in [3.63, 3.8) is 0 Å². The van der Waals surface area contributed by atoms with Crippen molar-refractivity contribution in [3.05, 3.63) is 29.8 Å². The van der Waals surface area contributed by atoms with E-state index in [9.17, 15) is 0 Å². The molecule has 0 N–H and O–H groups in total. The molecule has 0 amide bonds. The van der Waals surface area contributed by atoms with Gasteiger partial charge in [-0.15, -0.1) is 0 Å². The number of hydrogen-bond acceptors (Lipinski definition) is 1. The molecule has 0 aromatic heterocycles. The molecule has 16 heavy (non-hydrogen) atoms. The molecule has 0 saturated carbocycles. The SMILES string of the molecule is CCCCCOc1cccc(C(C)(C)C)c1. The Bertz CT molecular complexity index is 309. The molecule has 1 aromatic carbocycles. The minimum absolute atomic E-state index is 0.197. The van der Waals surface area contributed by atoms with E-state index >= 15 is 0 Å². The van der Waals surface area contributed by atoms with Gasteiger partial charge in [-0.25, -0.2) is 0 Å². The Morgan fingerprint density at radius 1 is 1.12 bits per heavy atom. The molecule has 0 aliphatic carbocycles. The quantitative estimate of drug-likeness (QED) is 0.661. The van der Waals surface area contributed by atoms with Crippen LogP contribution >= 0.6 is 0 Å². The van der Waals surface area contributed by atoms with E-state index in [1.165, 1.54) is 18.4 Å². The third-order valence-electron chi connectivity index (χ3n) is 2.72. The summed E-state index contributed by atoms with van der Waals surface area (Å²) in [5.74, 6) is 1.00. The van der Waals surface area contributed by atoms with Gasteiger partial charge in [-0.1, -0.05) is 52.7 Å². The Balaban J connectivity index is 2.54. The second kappa shape index (κ2) is 5.93. The maximum atomic E-state index is 5.74. The van der Waals surface area contributed by atoms with Crippen molar-refractivity contribution in [2.75, 3.05) is 6.61 Å². The van der Waals surface area contributed by atoms with Gasteiger partial charge in [-0.2, -0.15) is 0 Å². The van der Waals surface area contributed by atoms with Crippen molar-refractivity contribution in [3.8, 4) is 5.75 Å². The summed E-state index contributed by atoms with van der Waals surface area (Å²) >= 11 is 0. The van der Waals surface area contributed by atoms with Gasteiger partial charge in [0.2, 0.25) is 0 Å². The van der Waals surface area contributed by atoms with Gasteiger partial charge in [0.1, 0.15) is 5.75 Å². The van der Waals surface area contributed by atoms with Crippen LogP contribution in [0.3, 0.4) is 0 Å². The Hall–Kier alpha value is -0.980. The zero-order valence-corrected chi connectivity index (χ0v) is 11.0. The maximum Gasteiger partial charge on any atom is 0.119 e. The summed E-state index contributed by atoms with van der Waals surface area (Å²) in [7, 11) is 0. The second-order valence-corrected chi connectivity index (χ2v) is 5.33. The van der Waals surface area contributed by atoms with Crippen LogP contribution in [0.4, 0.5) is 0 Å². The Morgan fingerprint density at radius 2 is 1.88 bits per heavy atom. The fraction of sp³-hybridized carbons (Fsp3) is 0.600. The van der Waals surface area contributed by atoms with Crippen LogP contribution in [0.2, 0.25) is 0 Å². The summed E-state index contributed by atoms with van der Waals surface area (Å²) in [6.07, 6.45) is 3.64. The van der Waals surface area contributed by atoms with E-state index in [4.69, 9.17) is 4.74 Å². The molecule has 1 heteroatoms. The summed E-state index contributed by atoms with van der Waals surface area (Å²) in [5.41, 5.74) is 1.53. The summed E-state index contributed by atoms with van der Waals surface area (Å²) in [6.45, 7) is 9.72. The lowest BCUT2D eigenvalue weighted by Gasteiger charge is -2.19. The average molecular weight is 220 g/mol. The van der Waals surface area contributed by atoms with Crippen LogP contribution in [-0.2, 0) is 5.41 Å². The maximum absolute atomic E-state index is 5.74. The van der Waals surface area contributed by atoms with Crippen molar-refractivity contribution in [2.45, 2.75) is 52.4 Å². The molecule has 1 rings (SSSR count). The Morgan fingerprint density at radius 3 is 2.50 bits per heavy atom. The van der Waals surface area contributed by atoms with E-state index in [0.717, 1.165) is 18.8 Å². The van der Waals surface area contributed by atoms with E-state index < -0.39 is 0 Å². The second-order valence-electron chi connectivity index (χ2n) is 5.33. The van der Waals surface area contributed by atoms with E-state index in [2.05, 4.69) is 45.9 Å². The topological polar surface area (TPSA) is 9.23 Å². The monoisotopic (exact) mass is 220 g/mol. The predicted molar refractivity (Wildman–Crippen MR) is 70.2 cm³/mol. The lowest BCUT2D eigenvalue weighted by atomic mass is 9.87. The highest BCUT2D eigenvalue weighted by Crippen LogP contribution is 2.25. The lowest BCUT2D eigenvalue weighted by Crippen LogP contribution is -2.11. The van der Waals surface area contributed by atoms with Gasteiger partial charge < -0.3 is 4.74 Å². The summed E-state index contributed by atoms with van der Waals surface area (Å²) < 4.78 is 5.74. The smallest absolute Gasteiger partial charge is 0.119 e. The first-order valence-corrected chi connectivity index (χ1v) is 6.27. The molecule has 0 aliphatic heterocycles. The Kier molecular flexibility index (Phi) is 4.85. The molecule has 0 unspecified atom stereocenters. The number of ether oxygens (including phenoxy) is 1. The van der Waals surface area contributed by atoms with E-state index in [-0.39, 0.29) is 5.41 Å². The van der Waals surface area contributed by atoms with Gasteiger partial charge in [0.05, 0.1) is 6.61 Å². The number of hydrogen-bond donors (Lipinski definition) is 0. The summed E-state index contributed by atoms with van der Waals surface area (Å²) in [4.78, 5) is 0. The highest BCUT2D eigenvalue weighted by atomic mass is 16.5. The third kappa shape index (κ3) is 4.26. The van der Waals surface area contributed by atoms with Gasteiger partial charge in [-0.05, 0) is 29.5 Å². The molecule has 0 spiro atoms. The van der Waals surface area contributed by atoms with Gasteiger partial charge in [0.25, 0.3) is 0 Å². The van der Waals surface area contributed by atoms with Crippen LogP contribution in [0.1, 0.15) is 52.5 Å². The van der Waals surface area contributed by atoms with Crippen molar-refractivity contribution >= 4 is 0 Å². The van der Waals surface area contributed by atoms with E-state index in [0.29, 0.717) is 0 Å². The molecular weight excluding hydrogens is 196 g/mol. The van der Waals surface area contributed by atoms with Crippen molar-refractivity contribution in [2.24, 2.45) is 0 Å². The first kappa shape index (κ1) is 13.1. The normalized spacial score (nSPS) is 11.5. The highest BCUT2D eigenvalue weighted by molar-refractivity contribution is 5.32. The standard InChI is InChI=1S/C15H24O/c1-5-6-7-11-16-14-10-8-9-13(12-14)15(2,3)4/h8-10,12H,5-7,11H2,1-4H3. The average Bonchev–Trinajstić information content (AvgIpc) is 2.24. The largest absolute Gasteiger partial charge is 0.494 e. The summed E-state index contributed by atoms with van der Waals surface area (Å²) in [5, 5.41) is 0. The molecule has 1 aromatic rings. The van der Waals surface area contributed by atoms with Gasteiger partial charge >= 0.3 is 0 Å². The van der Waals surface area contributed by atoms with E-state index in [1.807, 2.05) is 6.07 Å². The molecule has 0 bridgehead atoms. The van der Waals surface area contributed by atoms with Crippen LogP contribution in [0, 0.1) is 0 Å². The number of unbranched alkanes of at least 4 members (excludes halogenated alkanes) is 2. The first-order chi connectivity index (χ1) is 7.54. The molecule has 0 heterocycles. The van der Waals surface area contributed by atoms with Crippen molar-refractivity contribution in [1.82, 2.24) is 0 Å². The van der Waals surface area contributed by atoms with Crippen LogP contribution in [0.15, 0.2) is 24.3 Å². The van der Waals surface area contributed by atoms with E-state index in [1.54, 1.807) is 0 Å². The van der Waals surface area contributed by atoms with Crippen molar-refractivity contribution in [1.29, 1.82) is 0 Å². The first-order valence-electron chi connectivity index (χ1n) is 6.27. The number of benzene rings is 1. The molecule has 0 aliphatic rings. The van der Waals surface area contributed by atoms with Gasteiger partial charge in [0, 0.05) is 0 Å². The molecule has 0 radical (unpaired) electrons. The van der Waals surface area contributed by atoms with Crippen LogP contribution in [-0.4, -0.2) is 6.61 Å². The van der Waals surface area contributed by atoms with Crippen molar-refractivity contribution < 1.29 is 4.74 Å². The summed E-state index contributed by atoms with van der Waals surface area (Å²) in [6, 6.07) is 8.45. The van der Waals surface area contributed by atoms with Crippen LogP contribution < -0.4 is 4.74 Å². The molecular formula is C15H24O. The zero-order valence-electron chi connectivity index (χ0n) is 11.0. The van der Waals surface area contributed by atoms with Gasteiger partial charge in [-0.3, -0.25) is 0 Å². The lowest BCUT2D eigenvalue weighted by molar-refractivity contribution is 0.305. The molecule has 90 valence electrons. The number of rotatable bonds is 5. The fourth-order valence-electron chi connectivity index (χ4n) is 1.59. The fourth-order valence-corrected chi connectivity index (χ4v) is 1.59. The molecule has 0 fully saturated rings. The molecule has 0 saturated heterocycles. The zero-order chi connectivity index (χ0) is 12.0. The third-order valence-corrected chi connectivity index (χ3v) is 2.72. The van der Waals surface area contributed by atoms with Crippen LogP contribution in [0.5, 0.6) is 5.75 Å².